The van der Waals surface area contributed by atoms with E-state index >= 15 is 0 Å². The molecule has 104 valence electrons. The van der Waals surface area contributed by atoms with Gasteiger partial charge >= 0.3 is 0 Å². The van der Waals surface area contributed by atoms with Crippen LogP contribution in [0.1, 0.15) is 56.8 Å². The first kappa shape index (κ1) is 14.1. The van der Waals surface area contributed by atoms with E-state index in [4.69, 9.17) is 10.7 Å². The second-order valence-corrected chi connectivity index (χ2v) is 5.29. The number of para-hydroxylation sites is 1. The van der Waals surface area contributed by atoms with E-state index in [1.54, 1.807) is 0 Å². The number of aryl methyl sites for hydroxylation is 1. The number of rotatable bonds is 6. The van der Waals surface area contributed by atoms with Crippen molar-refractivity contribution in [1.82, 2.24) is 9.55 Å². The number of hydrogen-bond donors (Lipinski definition) is 1. The lowest BCUT2D eigenvalue weighted by molar-refractivity contribution is 0.521. The second-order valence-electron chi connectivity index (χ2n) is 5.29. The Morgan fingerprint density at radius 3 is 2.47 bits per heavy atom. The van der Waals surface area contributed by atoms with Gasteiger partial charge in [0.1, 0.15) is 5.82 Å². The maximum atomic E-state index is 5.82. The van der Waals surface area contributed by atoms with Crippen molar-refractivity contribution in [3.05, 3.63) is 29.6 Å². The summed E-state index contributed by atoms with van der Waals surface area (Å²) in [5, 5.41) is 0. The van der Waals surface area contributed by atoms with Crippen LogP contribution in [0.3, 0.4) is 0 Å². The molecule has 0 atom stereocenters. The van der Waals surface area contributed by atoms with Gasteiger partial charge in [-0.3, -0.25) is 0 Å². The molecular weight excluding hydrogens is 234 g/mol. The van der Waals surface area contributed by atoms with Crippen molar-refractivity contribution in [3.8, 4) is 0 Å². The number of nitrogens with two attached hydrogens (primary N) is 1. The molecule has 1 aromatic heterocycles. The zero-order valence-corrected chi connectivity index (χ0v) is 12.3. The minimum atomic E-state index is 0.556. The fourth-order valence-electron chi connectivity index (χ4n) is 2.92. The molecule has 0 radical (unpaired) electrons. The molecule has 0 saturated carbocycles. The molecule has 1 aromatic carbocycles. The van der Waals surface area contributed by atoms with Gasteiger partial charge in [-0.1, -0.05) is 38.8 Å². The van der Waals surface area contributed by atoms with Gasteiger partial charge in [-0.2, -0.15) is 0 Å². The molecule has 0 bridgehead atoms. The highest BCUT2D eigenvalue weighted by Gasteiger charge is 2.18. The fourth-order valence-corrected chi connectivity index (χ4v) is 2.92. The molecule has 0 aliphatic rings. The summed E-state index contributed by atoms with van der Waals surface area (Å²) in [6, 6.07) is 6.29. The molecule has 1 heterocycles. The van der Waals surface area contributed by atoms with Crippen LogP contribution in [-0.2, 0) is 13.6 Å². The second kappa shape index (κ2) is 6.20. The Kier molecular flexibility index (Phi) is 4.59. The predicted octanol–water partition coefficient (Wildman–Crippen LogP) is 3.72. The first-order valence-corrected chi connectivity index (χ1v) is 7.37. The summed E-state index contributed by atoms with van der Waals surface area (Å²) in [4.78, 5) is 4.90. The highest BCUT2D eigenvalue weighted by atomic mass is 15.1. The molecule has 0 spiro atoms. The quantitative estimate of drug-likeness (QED) is 0.859. The van der Waals surface area contributed by atoms with Crippen LogP contribution in [-0.4, -0.2) is 9.55 Å². The van der Waals surface area contributed by atoms with E-state index in [1.165, 1.54) is 37.0 Å². The zero-order valence-electron chi connectivity index (χ0n) is 12.3. The topological polar surface area (TPSA) is 43.8 Å². The molecule has 3 heteroatoms. The molecule has 0 fully saturated rings. The lowest BCUT2D eigenvalue weighted by atomic mass is 9.97. The smallest absolute Gasteiger partial charge is 0.112 e. The highest BCUT2D eigenvalue weighted by molar-refractivity contribution is 5.79. The van der Waals surface area contributed by atoms with Crippen molar-refractivity contribution >= 4 is 11.0 Å². The van der Waals surface area contributed by atoms with Gasteiger partial charge in [-0.25, -0.2) is 4.98 Å². The van der Waals surface area contributed by atoms with Gasteiger partial charge in [0.05, 0.1) is 11.0 Å². The summed E-state index contributed by atoms with van der Waals surface area (Å²) >= 11 is 0. The standard InChI is InChI=1S/C16H25N3/c1-4-7-12(8-5-2)16-18-15-13(11-17)9-6-10-14(15)19(16)3/h6,9-10,12H,4-5,7-8,11,17H2,1-3H3. The molecule has 2 N–H and O–H groups in total. The van der Waals surface area contributed by atoms with E-state index in [0.717, 1.165) is 11.1 Å². The monoisotopic (exact) mass is 259 g/mol. The summed E-state index contributed by atoms with van der Waals surface area (Å²) in [5.41, 5.74) is 9.25. The van der Waals surface area contributed by atoms with Crippen molar-refractivity contribution < 1.29 is 0 Å². The van der Waals surface area contributed by atoms with Crippen molar-refractivity contribution in [2.75, 3.05) is 0 Å². The number of hydrogen-bond acceptors (Lipinski definition) is 2. The van der Waals surface area contributed by atoms with Crippen molar-refractivity contribution in [1.29, 1.82) is 0 Å². The van der Waals surface area contributed by atoms with E-state index in [-0.39, 0.29) is 0 Å². The molecule has 19 heavy (non-hydrogen) atoms. The molecule has 0 aliphatic carbocycles. The van der Waals surface area contributed by atoms with Gasteiger partial charge in [-0.15, -0.1) is 0 Å². The Morgan fingerprint density at radius 2 is 1.89 bits per heavy atom. The van der Waals surface area contributed by atoms with Crippen LogP contribution >= 0.6 is 0 Å². The third-order valence-electron chi connectivity index (χ3n) is 3.89. The van der Waals surface area contributed by atoms with Gasteiger partial charge in [0.2, 0.25) is 0 Å². The van der Waals surface area contributed by atoms with E-state index in [2.05, 4.69) is 43.7 Å². The van der Waals surface area contributed by atoms with Gasteiger partial charge in [0, 0.05) is 19.5 Å². The maximum Gasteiger partial charge on any atom is 0.112 e. The Bertz CT molecular complexity index is 536. The third kappa shape index (κ3) is 2.66. The molecular formula is C16H25N3. The molecule has 0 aliphatic heterocycles. The Balaban J connectivity index is 2.51. The molecule has 2 rings (SSSR count). The largest absolute Gasteiger partial charge is 0.331 e. The van der Waals surface area contributed by atoms with Crippen molar-refractivity contribution in [2.45, 2.75) is 52.0 Å². The average Bonchev–Trinajstić information content (AvgIpc) is 2.76. The minimum absolute atomic E-state index is 0.556. The van der Waals surface area contributed by atoms with Crippen molar-refractivity contribution in [2.24, 2.45) is 12.8 Å². The highest BCUT2D eigenvalue weighted by Crippen LogP contribution is 2.29. The van der Waals surface area contributed by atoms with Crippen molar-refractivity contribution in [3.63, 3.8) is 0 Å². The van der Waals surface area contributed by atoms with Crippen LogP contribution in [0.15, 0.2) is 18.2 Å². The van der Waals surface area contributed by atoms with E-state index < -0.39 is 0 Å². The summed E-state index contributed by atoms with van der Waals surface area (Å²) in [7, 11) is 2.13. The lowest BCUT2D eigenvalue weighted by Gasteiger charge is -2.14. The first-order chi connectivity index (χ1) is 9.22. The van der Waals surface area contributed by atoms with Gasteiger partial charge in [0.15, 0.2) is 0 Å². The fraction of sp³-hybridized carbons (Fsp3) is 0.562. The Labute approximate surface area is 115 Å². The number of fused-ring (bicyclic) bond motifs is 1. The van der Waals surface area contributed by atoms with Gasteiger partial charge < -0.3 is 10.3 Å². The maximum absolute atomic E-state index is 5.82. The van der Waals surface area contributed by atoms with E-state index in [0.29, 0.717) is 12.5 Å². The molecule has 2 aromatic rings. The van der Waals surface area contributed by atoms with Gasteiger partial charge in [0.25, 0.3) is 0 Å². The lowest BCUT2D eigenvalue weighted by Crippen LogP contribution is -2.06. The molecule has 0 unspecified atom stereocenters. The van der Waals surface area contributed by atoms with Crippen LogP contribution in [0, 0.1) is 0 Å². The summed E-state index contributed by atoms with van der Waals surface area (Å²) in [6.45, 7) is 5.05. The molecule has 0 saturated heterocycles. The normalized spacial score (nSPS) is 11.6. The van der Waals surface area contributed by atoms with E-state index in [9.17, 15) is 0 Å². The van der Waals surface area contributed by atoms with E-state index in [1.807, 2.05) is 0 Å². The number of imidazole rings is 1. The SMILES string of the molecule is CCCC(CCC)c1nc2c(CN)cccc2n1C. The number of benzene rings is 1. The average molecular weight is 259 g/mol. The molecule has 0 amide bonds. The van der Waals surface area contributed by atoms with Crippen LogP contribution in [0.4, 0.5) is 0 Å². The minimum Gasteiger partial charge on any atom is -0.331 e. The predicted molar refractivity (Wildman–Crippen MR) is 81.2 cm³/mol. The Hall–Kier alpha value is -1.35. The first-order valence-electron chi connectivity index (χ1n) is 7.37. The van der Waals surface area contributed by atoms with Crippen LogP contribution < -0.4 is 5.73 Å². The third-order valence-corrected chi connectivity index (χ3v) is 3.89. The number of nitrogens with zero attached hydrogens (tertiary/aromatic N) is 2. The Morgan fingerprint density at radius 1 is 1.21 bits per heavy atom. The molecule has 3 nitrogen and oxygen atoms in total. The van der Waals surface area contributed by atoms with Crippen LogP contribution in [0.25, 0.3) is 11.0 Å². The van der Waals surface area contributed by atoms with Crippen LogP contribution in [0.2, 0.25) is 0 Å². The summed E-state index contributed by atoms with van der Waals surface area (Å²) in [6.07, 6.45) is 4.83. The number of aromatic nitrogens is 2. The zero-order chi connectivity index (χ0) is 13.8. The summed E-state index contributed by atoms with van der Waals surface area (Å²) in [5.74, 6) is 1.79. The summed E-state index contributed by atoms with van der Waals surface area (Å²) < 4.78 is 2.25. The van der Waals surface area contributed by atoms with Gasteiger partial charge in [-0.05, 0) is 24.5 Å². The van der Waals surface area contributed by atoms with Crippen LogP contribution in [0.5, 0.6) is 0 Å².